The Bertz CT molecular complexity index is 1300. The Morgan fingerprint density at radius 2 is 1.69 bits per heavy atom. The van der Waals surface area contributed by atoms with Gasteiger partial charge in [-0.1, -0.05) is 0 Å². The average molecular weight is 414 g/mol. The Morgan fingerprint density at radius 3 is 2.34 bits per heavy atom. The minimum atomic E-state index is -3.82. The molecule has 3 aromatic rings. The number of anilines is 2. The fourth-order valence-electron chi connectivity index (χ4n) is 3.79. The number of aromatic nitrogens is 2. The minimum absolute atomic E-state index is 0.0589. The number of nitrogens with zero attached hydrogens (tertiary/aromatic N) is 3. The van der Waals surface area contributed by atoms with Gasteiger partial charge in [0.25, 0.3) is 10.0 Å². The number of fused-ring (bicyclic) bond motifs is 1. The molecule has 1 saturated heterocycles. The first-order valence-electron chi connectivity index (χ1n) is 9.28. The third-order valence-corrected chi connectivity index (χ3v) is 6.75. The van der Waals surface area contributed by atoms with Crippen LogP contribution in [-0.4, -0.2) is 30.0 Å². The molecular weight excluding hydrogens is 392 g/mol. The second-order valence-electron chi connectivity index (χ2n) is 7.31. The summed E-state index contributed by atoms with van der Waals surface area (Å²) in [5.41, 5.74) is 3.02. The highest BCUT2D eigenvalue weighted by Gasteiger charge is 2.24. The van der Waals surface area contributed by atoms with Gasteiger partial charge in [-0.15, -0.1) is 0 Å². The number of imidazole rings is 1. The zero-order chi connectivity index (χ0) is 20.9. The molecular formula is C20H22N4O4S. The van der Waals surface area contributed by atoms with Crippen LogP contribution in [0.15, 0.2) is 46.1 Å². The lowest BCUT2D eigenvalue weighted by atomic mass is 10.2. The van der Waals surface area contributed by atoms with Crippen LogP contribution in [0.1, 0.15) is 18.4 Å². The second-order valence-corrected chi connectivity index (χ2v) is 8.99. The highest BCUT2D eigenvalue weighted by atomic mass is 32.2. The van der Waals surface area contributed by atoms with Crippen LogP contribution in [0, 0.1) is 6.92 Å². The number of carbonyl (C=O) groups excluding carboxylic acids is 1. The number of hydrogen-bond donors (Lipinski definition) is 1. The van der Waals surface area contributed by atoms with E-state index in [1.54, 1.807) is 56.3 Å². The molecule has 1 aromatic heterocycles. The van der Waals surface area contributed by atoms with Crippen molar-refractivity contribution < 1.29 is 13.2 Å². The summed E-state index contributed by atoms with van der Waals surface area (Å²) >= 11 is 0. The van der Waals surface area contributed by atoms with Gasteiger partial charge in [0.1, 0.15) is 0 Å². The Labute approximate surface area is 168 Å². The van der Waals surface area contributed by atoms with E-state index in [9.17, 15) is 18.0 Å². The highest BCUT2D eigenvalue weighted by Crippen LogP contribution is 2.28. The molecule has 0 spiro atoms. The van der Waals surface area contributed by atoms with Gasteiger partial charge in [0, 0.05) is 32.7 Å². The van der Waals surface area contributed by atoms with E-state index in [1.807, 2.05) is 0 Å². The van der Waals surface area contributed by atoms with Crippen molar-refractivity contribution in [3.8, 4) is 0 Å². The number of carbonyl (C=O) groups is 1. The molecule has 1 aliphatic rings. The molecule has 152 valence electrons. The van der Waals surface area contributed by atoms with E-state index in [2.05, 4.69) is 4.72 Å². The number of rotatable bonds is 4. The summed E-state index contributed by atoms with van der Waals surface area (Å²) in [5, 5.41) is 0. The lowest BCUT2D eigenvalue weighted by Crippen LogP contribution is -2.24. The maximum atomic E-state index is 12.9. The molecule has 0 saturated carbocycles. The fourth-order valence-corrected chi connectivity index (χ4v) is 4.92. The maximum absolute atomic E-state index is 12.9. The number of aryl methyl sites for hydroxylation is 3. The summed E-state index contributed by atoms with van der Waals surface area (Å²) in [6, 6.07) is 9.73. The molecule has 29 heavy (non-hydrogen) atoms. The van der Waals surface area contributed by atoms with Crippen LogP contribution in [0.4, 0.5) is 11.4 Å². The first-order chi connectivity index (χ1) is 13.7. The maximum Gasteiger partial charge on any atom is 0.328 e. The van der Waals surface area contributed by atoms with E-state index in [0.717, 1.165) is 23.2 Å². The van der Waals surface area contributed by atoms with Crippen molar-refractivity contribution >= 4 is 38.3 Å². The van der Waals surface area contributed by atoms with E-state index in [-0.39, 0.29) is 16.5 Å². The molecule has 0 bridgehead atoms. The Morgan fingerprint density at radius 1 is 0.966 bits per heavy atom. The third kappa shape index (κ3) is 3.21. The standard InChI is InChI=1S/C20H22N4O4S/c1-13-11-15(7-9-16(13)24-10-4-5-19(24)25)29(27,28)21-14-6-8-17-18(12-14)23(3)20(26)22(17)2/h6-9,11-12,21H,4-5,10H2,1-3H3. The quantitative estimate of drug-likeness (QED) is 0.708. The lowest BCUT2D eigenvalue weighted by Gasteiger charge is -2.19. The molecule has 1 N–H and O–H groups in total. The van der Waals surface area contributed by atoms with Crippen LogP contribution in [0.3, 0.4) is 0 Å². The molecule has 0 atom stereocenters. The minimum Gasteiger partial charge on any atom is -0.312 e. The van der Waals surface area contributed by atoms with Crippen molar-refractivity contribution in [2.45, 2.75) is 24.7 Å². The van der Waals surface area contributed by atoms with E-state index < -0.39 is 10.0 Å². The molecule has 0 aliphatic carbocycles. The van der Waals surface area contributed by atoms with E-state index in [1.165, 1.54) is 15.2 Å². The monoisotopic (exact) mass is 414 g/mol. The topological polar surface area (TPSA) is 93.4 Å². The van der Waals surface area contributed by atoms with Crippen LogP contribution in [0.2, 0.25) is 0 Å². The molecule has 0 radical (unpaired) electrons. The largest absolute Gasteiger partial charge is 0.328 e. The molecule has 1 aliphatic heterocycles. The number of hydrogen-bond acceptors (Lipinski definition) is 4. The van der Waals surface area contributed by atoms with Gasteiger partial charge in [0.15, 0.2) is 0 Å². The zero-order valence-corrected chi connectivity index (χ0v) is 17.3. The number of amides is 1. The predicted octanol–water partition coefficient (Wildman–Crippen LogP) is 2.11. The smallest absolute Gasteiger partial charge is 0.312 e. The first kappa shape index (κ1) is 19.3. The van der Waals surface area contributed by atoms with Crippen molar-refractivity contribution in [3.05, 3.63) is 52.4 Å². The summed E-state index contributed by atoms with van der Waals surface area (Å²) in [6.07, 6.45) is 1.33. The molecule has 1 fully saturated rings. The van der Waals surface area contributed by atoms with Gasteiger partial charge in [-0.3, -0.25) is 18.7 Å². The number of sulfonamides is 1. The van der Waals surface area contributed by atoms with Crippen molar-refractivity contribution in [3.63, 3.8) is 0 Å². The second kappa shape index (κ2) is 6.77. The first-order valence-corrected chi connectivity index (χ1v) is 10.8. The van der Waals surface area contributed by atoms with Gasteiger partial charge in [-0.2, -0.15) is 0 Å². The van der Waals surface area contributed by atoms with Crippen molar-refractivity contribution in [1.82, 2.24) is 9.13 Å². The predicted molar refractivity (Wildman–Crippen MR) is 112 cm³/mol. The molecule has 4 rings (SSSR count). The van der Waals surface area contributed by atoms with Gasteiger partial charge in [0.2, 0.25) is 5.91 Å². The SMILES string of the molecule is Cc1cc(S(=O)(=O)Nc2ccc3c(c2)n(C)c(=O)n3C)ccc1N1CCCC1=O. The van der Waals surface area contributed by atoms with Crippen molar-refractivity contribution in [1.29, 1.82) is 0 Å². The van der Waals surface area contributed by atoms with Gasteiger partial charge in [-0.25, -0.2) is 13.2 Å². The molecule has 8 nitrogen and oxygen atoms in total. The lowest BCUT2D eigenvalue weighted by molar-refractivity contribution is -0.117. The van der Waals surface area contributed by atoms with Gasteiger partial charge in [-0.05, 0) is 55.3 Å². The van der Waals surface area contributed by atoms with Crippen LogP contribution < -0.4 is 15.3 Å². The van der Waals surface area contributed by atoms with Crippen LogP contribution in [0.25, 0.3) is 11.0 Å². The van der Waals surface area contributed by atoms with E-state index in [0.29, 0.717) is 24.2 Å². The normalized spacial score (nSPS) is 14.7. The Kier molecular flexibility index (Phi) is 4.49. The molecule has 1 amide bonds. The average Bonchev–Trinajstić information content (AvgIpc) is 3.19. The van der Waals surface area contributed by atoms with Crippen LogP contribution in [-0.2, 0) is 28.9 Å². The van der Waals surface area contributed by atoms with E-state index in [4.69, 9.17) is 0 Å². The number of benzene rings is 2. The summed E-state index contributed by atoms with van der Waals surface area (Å²) < 4.78 is 31.3. The fraction of sp³-hybridized carbons (Fsp3) is 0.300. The zero-order valence-electron chi connectivity index (χ0n) is 16.5. The number of nitrogens with one attached hydrogen (secondary N) is 1. The summed E-state index contributed by atoms with van der Waals surface area (Å²) in [5.74, 6) is 0.0589. The molecule has 0 unspecified atom stereocenters. The Balaban J connectivity index is 1.66. The molecule has 2 aromatic carbocycles. The molecule has 2 heterocycles. The summed E-state index contributed by atoms with van der Waals surface area (Å²) in [6.45, 7) is 2.45. The van der Waals surface area contributed by atoms with E-state index >= 15 is 0 Å². The molecule has 9 heteroatoms. The highest BCUT2D eigenvalue weighted by molar-refractivity contribution is 7.92. The van der Waals surface area contributed by atoms with Crippen molar-refractivity contribution in [2.24, 2.45) is 14.1 Å². The summed E-state index contributed by atoms with van der Waals surface area (Å²) in [7, 11) is -0.508. The Hall–Kier alpha value is -3.07. The van der Waals surface area contributed by atoms with Gasteiger partial charge < -0.3 is 4.90 Å². The van der Waals surface area contributed by atoms with Crippen LogP contribution >= 0.6 is 0 Å². The van der Waals surface area contributed by atoms with Crippen molar-refractivity contribution in [2.75, 3.05) is 16.2 Å². The summed E-state index contributed by atoms with van der Waals surface area (Å²) in [4.78, 5) is 25.9. The third-order valence-electron chi connectivity index (χ3n) is 5.37. The van der Waals surface area contributed by atoms with Crippen LogP contribution in [0.5, 0.6) is 0 Å². The van der Waals surface area contributed by atoms with Gasteiger partial charge >= 0.3 is 5.69 Å². The van der Waals surface area contributed by atoms with Gasteiger partial charge in [0.05, 0.1) is 21.6 Å².